The lowest BCUT2D eigenvalue weighted by molar-refractivity contribution is 0.0600. The first-order valence-corrected chi connectivity index (χ1v) is 6.38. The molecule has 0 saturated heterocycles. The van der Waals surface area contributed by atoms with E-state index in [1.807, 2.05) is 0 Å². The van der Waals surface area contributed by atoms with Gasteiger partial charge in [-0.25, -0.2) is 9.48 Å². The van der Waals surface area contributed by atoms with E-state index < -0.39 is 11.5 Å². The Morgan fingerprint density at radius 3 is 2.77 bits per heavy atom. The van der Waals surface area contributed by atoms with Crippen LogP contribution in [-0.2, 0) is 4.74 Å². The number of carbonyl (C=O) groups excluding carboxylic acids is 1. The van der Waals surface area contributed by atoms with E-state index in [-0.39, 0.29) is 17.0 Å². The lowest BCUT2D eigenvalue weighted by Gasteiger charge is -2.10. The quantitative estimate of drug-likeness (QED) is 0.716. The summed E-state index contributed by atoms with van der Waals surface area (Å²) in [4.78, 5) is 23.4. The average molecular weight is 297 g/mol. The fraction of sp³-hybridized carbons (Fsp3) is 0.0667. The highest BCUT2D eigenvalue weighted by atomic mass is 16.5. The highest BCUT2D eigenvalue weighted by Gasteiger charge is 2.14. The largest absolute Gasteiger partial charge is 0.506 e. The monoisotopic (exact) mass is 297 g/mol. The maximum Gasteiger partial charge on any atom is 0.337 e. The summed E-state index contributed by atoms with van der Waals surface area (Å²) in [5.41, 5.74) is 0.488. The minimum atomic E-state index is -0.542. The summed E-state index contributed by atoms with van der Waals surface area (Å²) in [7, 11) is 1.27. The number of hydrogen-bond donors (Lipinski definition) is 1. The number of fused-ring (bicyclic) bond motifs is 1. The third-order valence-electron chi connectivity index (χ3n) is 3.21. The van der Waals surface area contributed by atoms with Crippen molar-refractivity contribution in [3.05, 3.63) is 58.4 Å². The lowest BCUT2D eigenvalue weighted by Crippen LogP contribution is -2.16. The molecule has 0 atom stereocenters. The molecule has 0 aliphatic heterocycles. The number of nitrogens with zero attached hydrogens (tertiary/aromatic N) is 3. The van der Waals surface area contributed by atoms with Gasteiger partial charge in [0.2, 0.25) is 0 Å². The molecule has 0 aliphatic carbocycles. The van der Waals surface area contributed by atoms with Gasteiger partial charge in [-0.2, -0.15) is 0 Å². The second-order valence-corrected chi connectivity index (χ2v) is 4.52. The summed E-state index contributed by atoms with van der Waals surface area (Å²) in [5.74, 6) is -0.643. The number of methoxy groups -OCH3 is 1. The molecule has 22 heavy (non-hydrogen) atoms. The molecule has 0 amide bonds. The standard InChI is InChI=1S/C15H11N3O4/c1-22-15(21)9-6-7-13(19)12(8-9)18-11-5-3-2-4-10(11)14(20)16-17-18/h2-8,19H,1H3. The number of esters is 1. The van der Waals surface area contributed by atoms with E-state index in [9.17, 15) is 14.7 Å². The fourth-order valence-electron chi connectivity index (χ4n) is 2.14. The molecule has 3 aromatic rings. The van der Waals surface area contributed by atoms with Crippen LogP contribution in [0.15, 0.2) is 47.3 Å². The van der Waals surface area contributed by atoms with Crippen molar-refractivity contribution in [1.29, 1.82) is 0 Å². The molecule has 0 unspecified atom stereocenters. The summed E-state index contributed by atoms with van der Waals surface area (Å²) in [5, 5.41) is 17.8. The first-order valence-electron chi connectivity index (χ1n) is 6.38. The molecule has 0 aliphatic rings. The molecule has 7 nitrogen and oxygen atoms in total. The van der Waals surface area contributed by atoms with Crippen LogP contribution in [0, 0.1) is 0 Å². The van der Waals surface area contributed by atoms with Gasteiger partial charge in [-0.1, -0.05) is 22.4 Å². The third kappa shape index (κ3) is 2.18. The molecular formula is C15H11N3O4. The minimum Gasteiger partial charge on any atom is -0.506 e. The molecule has 2 aromatic carbocycles. The van der Waals surface area contributed by atoms with E-state index in [4.69, 9.17) is 0 Å². The van der Waals surface area contributed by atoms with Gasteiger partial charge in [-0.05, 0) is 30.3 Å². The zero-order valence-corrected chi connectivity index (χ0v) is 11.6. The van der Waals surface area contributed by atoms with Crippen LogP contribution in [0.25, 0.3) is 16.6 Å². The van der Waals surface area contributed by atoms with Crippen molar-refractivity contribution in [2.75, 3.05) is 7.11 Å². The Kier molecular flexibility index (Phi) is 3.30. The highest BCUT2D eigenvalue weighted by Crippen LogP contribution is 2.24. The molecule has 1 aromatic heterocycles. The van der Waals surface area contributed by atoms with Crippen LogP contribution in [0.3, 0.4) is 0 Å². The number of benzene rings is 2. The van der Waals surface area contributed by atoms with Crippen molar-refractivity contribution in [2.45, 2.75) is 0 Å². The molecule has 7 heteroatoms. The van der Waals surface area contributed by atoms with Gasteiger partial charge in [-0.3, -0.25) is 4.79 Å². The van der Waals surface area contributed by atoms with Gasteiger partial charge >= 0.3 is 5.97 Å². The SMILES string of the molecule is COC(=O)c1ccc(O)c(-n2nnc(=O)c3ccccc32)c1. The van der Waals surface area contributed by atoms with E-state index in [1.165, 1.54) is 30.0 Å². The second kappa shape index (κ2) is 5.28. The van der Waals surface area contributed by atoms with Crippen LogP contribution in [0.4, 0.5) is 0 Å². The molecule has 1 N–H and O–H groups in total. The Morgan fingerprint density at radius 2 is 2.00 bits per heavy atom. The molecule has 3 rings (SSSR count). The average Bonchev–Trinajstić information content (AvgIpc) is 2.56. The predicted octanol–water partition coefficient (Wildman–Crippen LogP) is 1.27. The predicted molar refractivity (Wildman–Crippen MR) is 78.1 cm³/mol. The van der Waals surface area contributed by atoms with Crippen molar-refractivity contribution in [3.8, 4) is 11.4 Å². The smallest absolute Gasteiger partial charge is 0.337 e. The van der Waals surface area contributed by atoms with Gasteiger partial charge in [0.05, 0.1) is 23.6 Å². The van der Waals surface area contributed by atoms with Gasteiger partial charge in [0.1, 0.15) is 11.4 Å². The number of rotatable bonds is 2. The molecule has 1 heterocycles. The number of phenolic OH excluding ortho intramolecular Hbond substituents is 1. The zero-order valence-electron chi connectivity index (χ0n) is 11.6. The third-order valence-corrected chi connectivity index (χ3v) is 3.21. The number of aromatic nitrogens is 3. The number of phenols is 1. The molecule has 0 radical (unpaired) electrons. The fourth-order valence-corrected chi connectivity index (χ4v) is 2.14. The van der Waals surface area contributed by atoms with E-state index in [1.54, 1.807) is 24.3 Å². The van der Waals surface area contributed by atoms with Gasteiger partial charge in [0, 0.05) is 0 Å². The number of hydrogen-bond acceptors (Lipinski definition) is 6. The van der Waals surface area contributed by atoms with Crippen molar-refractivity contribution >= 4 is 16.9 Å². The Balaban J connectivity index is 2.30. The van der Waals surface area contributed by atoms with Crippen LogP contribution in [-0.4, -0.2) is 33.2 Å². The second-order valence-electron chi connectivity index (χ2n) is 4.52. The van der Waals surface area contributed by atoms with Crippen molar-refractivity contribution in [3.63, 3.8) is 0 Å². The summed E-state index contributed by atoms with van der Waals surface area (Å²) >= 11 is 0. The maximum absolute atomic E-state index is 11.7. The normalized spacial score (nSPS) is 10.6. The Bertz CT molecular complexity index is 933. The van der Waals surface area contributed by atoms with Crippen LogP contribution in [0.2, 0.25) is 0 Å². The van der Waals surface area contributed by atoms with Gasteiger partial charge < -0.3 is 9.84 Å². The van der Waals surface area contributed by atoms with E-state index in [2.05, 4.69) is 15.0 Å². The van der Waals surface area contributed by atoms with Gasteiger partial charge in [0.15, 0.2) is 0 Å². The Morgan fingerprint density at radius 1 is 1.23 bits per heavy atom. The maximum atomic E-state index is 11.7. The van der Waals surface area contributed by atoms with E-state index >= 15 is 0 Å². The topological polar surface area (TPSA) is 94.3 Å². The zero-order chi connectivity index (χ0) is 15.7. The first kappa shape index (κ1) is 13.7. The molecular weight excluding hydrogens is 286 g/mol. The summed E-state index contributed by atoms with van der Waals surface area (Å²) in [6.45, 7) is 0. The Labute approximate surface area is 124 Å². The van der Waals surface area contributed by atoms with Crippen LogP contribution in [0.5, 0.6) is 5.75 Å². The van der Waals surface area contributed by atoms with E-state index in [0.29, 0.717) is 10.9 Å². The van der Waals surface area contributed by atoms with Crippen molar-refractivity contribution in [2.24, 2.45) is 0 Å². The Hall–Kier alpha value is -3.22. The number of para-hydroxylation sites is 1. The summed E-state index contributed by atoms with van der Waals surface area (Å²) in [6.07, 6.45) is 0. The highest BCUT2D eigenvalue weighted by molar-refractivity contribution is 5.90. The number of ether oxygens (including phenoxy) is 1. The minimum absolute atomic E-state index is 0.101. The van der Waals surface area contributed by atoms with Crippen LogP contribution < -0.4 is 5.56 Å². The first-order chi connectivity index (χ1) is 10.6. The molecule has 110 valence electrons. The molecule has 0 fully saturated rings. The number of aromatic hydroxyl groups is 1. The molecule has 0 bridgehead atoms. The van der Waals surface area contributed by atoms with Crippen molar-refractivity contribution in [1.82, 2.24) is 15.0 Å². The van der Waals surface area contributed by atoms with E-state index in [0.717, 1.165) is 0 Å². The van der Waals surface area contributed by atoms with Gasteiger partial charge in [0.25, 0.3) is 5.56 Å². The van der Waals surface area contributed by atoms with Crippen molar-refractivity contribution < 1.29 is 14.6 Å². The summed E-state index contributed by atoms with van der Waals surface area (Å²) < 4.78 is 5.96. The van der Waals surface area contributed by atoms with Crippen LogP contribution >= 0.6 is 0 Å². The molecule has 0 saturated carbocycles. The van der Waals surface area contributed by atoms with Gasteiger partial charge in [-0.15, -0.1) is 0 Å². The molecule has 0 spiro atoms. The lowest BCUT2D eigenvalue weighted by atomic mass is 10.1. The summed E-state index contributed by atoms with van der Waals surface area (Å²) in [6, 6.07) is 11.0. The van der Waals surface area contributed by atoms with Crippen LogP contribution in [0.1, 0.15) is 10.4 Å². The number of carbonyl (C=O) groups is 1.